The molecule has 0 saturated heterocycles. The fraction of sp³-hybridized carbons (Fsp3) is 0.0667. The Bertz CT molecular complexity index is 679. The highest BCUT2D eigenvalue weighted by atomic mass is 16.5. The smallest absolute Gasteiger partial charge is 0.339 e. The molecule has 3 N–H and O–H groups in total. The lowest BCUT2D eigenvalue weighted by Crippen LogP contribution is -2.10. The molecule has 5 heteroatoms. The zero-order valence-corrected chi connectivity index (χ0v) is 10.8. The highest BCUT2D eigenvalue weighted by Crippen LogP contribution is 2.27. The van der Waals surface area contributed by atoms with Crippen molar-refractivity contribution in [3.63, 3.8) is 0 Å². The summed E-state index contributed by atoms with van der Waals surface area (Å²) in [6.45, 7) is 0. The molecule has 2 aromatic rings. The summed E-state index contributed by atoms with van der Waals surface area (Å²) in [5, 5.41) is 9.03. The van der Waals surface area contributed by atoms with E-state index in [0.717, 1.165) is 11.1 Å². The van der Waals surface area contributed by atoms with Crippen LogP contribution in [0.5, 0.6) is 5.75 Å². The average molecular weight is 271 g/mol. The summed E-state index contributed by atoms with van der Waals surface area (Å²) in [5.41, 5.74) is 7.22. The Morgan fingerprint density at radius 1 is 1.10 bits per heavy atom. The van der Waals surface area contributed by atoms with Crippen LogP contribution in [0, 0.1) is 0 Å². The van der Waals surface area contributed by atoms with E-state index in [1.807, 2.05) is 6.07 Å². The lowest BCUT2D eigenvalue weighted by atomic mass is 10.0. The van der Waals surface area contributed by atoms with Crippen molar-refractivity contribution in [3.05, 3.63) is 53.6 Å². The minimum Gasteiger partial charge on any atom is -0.496 e. The van der Waals surface area contributed by atoms with Gasteiger partial charge in [0.15, 0.2) is 0 Å². The van der Waals surface area contributed by atoms with Crippen LogP contribution in [0.3, 0.4) is 0 Å². The van der Waals surface area contributed by atoms with Gasteiger partial charge in [-0.25, -0.2) is 4.79 Å². The van der Waals surface area contributed by atoms with Crippen molar-refractivity contribution in [2.75, 3.05) is 7.11 Å². The molecule has 0 aliphatic carbocycles. The number of nitrogens with two attached hydrogens (primary N) is 1. The Morgan fingerprint density at radius 2 is 1.80 bits per heavy atom. The Kier molecular flexibility index (Phi) is 3.70. The van der Waals surface area contributed by atoms with Gasteiger partial charge in [0.2, 0.25) is 5.91 Å². The van der Waals surface area contributed by atoms with E-state index in [4.69, 9.17) is 15.6 Å². The maximum Gasteiger partial charge on any atom is 0.339 e. The molecule has 0 heterocycles. The van der Waals surface area contributed by atoms with Gasteiger partial charge in [-0.15, -0.1) is 0 Å². The third-order valence-corrected chi connectivity index (χ3v) is 2.91. The van der Waals surface area contributed by atoms with E-state index in [1.165, 1.54) is 13.2 Å². The molecule has 2 aromatic carbocycles. The molecule has 102 valence electrons. The molecule has 0 atom stereocenters. The summed E-state index contributed by atoms with van der Waals surface area (Å²) in [6, 6.07) is 11.5. The van der Waals surface area contributed by atoms with Gasteiger partial charge in [-0.2, -0.15) is 0 Å². The van der Waals surface area contributed by atoms with Gasteiger partial charge in [0.25, 0.3) is 0 Å². The van der Waals surface area contributed by atoms with Crippen LogP contribution in [0.15, 0.2) is 42.5 Å². The van der Waals surface area contributed by atoms with E-state index in [1.54, 1.807) is 30.3 Å². The minimum atomic E-state index is -1.06. The summed E-state index contributed by atoms with van der Waals surface area (Å²) in [4.78, 5) is 22.2. The standard InChI is InChI=1S/C15H13NO4/c1-20-13-8-10(5-6-12(13)15(18)19)9-3-2-4-11(7-9)14(16)17/h2-8H,1H3,(H2,16,17)(H,18,19). The number of carboxylic acids is 1. The van der Waals surface area contributed by atoms with Crippen molar-refractivity contribution in [1.29, 1.82) is 0 Å². The highest BCUT2D eigenvalue weighted by molar-refractivity contribution is 5.95. The lowest BCUT2D eigenvalue weighted by Gasteiger charge is -2.08. The summed E-state index contributed by atoms with van der Waals surface area (Å²) >= 11 is 0. The van der Waals surface area contributed by atoms with E-state index in [-0.39, 0.29) is 11.3 Å². The van der Waals surface area contributed by atoms with Crippen molar-refractivity contribution in [3.8, 4) is 16.9 Å². The van der Waals surface area contributed by atoms with Crippen LogP contribution in [0.2, 0.25) is 0 Å². The number of carbonyl (C=O) groups excluding carboxylic acids is 1. The Hall–Kier alpha value is -2.82. The van der Waals surface area contributed by atoms with E-state index in [9.17, 15) is 9.59 Å². The van der Waals surface area contributed by atoms with Gasteiger partial charge < -0.3 is 15.6 Å². The van der Waals surface area contributed by atoms with Gasteiger partial charge in [0.05, 0.1) is 7.11 Å². The second-order valence-electron chi connectivity index (χ2n) is 4.17. The average Bonchev–Trinajstić information content (AvgIpc) is 2.46. The van der Waals surface area contributed by atoms with E-state index in [0.29, 0.717) is 5.56 Å². The van der Waals surface area contributed by atoms with Crippen LogP contribution >= 0.6 is 0 Å². The Morgan fingerprint density at radius 3 is 2.40 bits per heavy atom. The number of hydrogen-bond donors (Lipinski definition) is 2. The fourth-order valence-corrected chi connectivity index (χ4v) is 1.90. The number of aromatic carboxylic acids is 1. The molecule has 0 radical (unpaired) electrons. The molecule has 0 bridgehead atoms. The zero-order chi connectivity index (χ0) is 14.7. The molecule has 0 fully saturated rings. The first-order valence-electron chi connectivity index (χ1n) is 5.84. The largest absolute Gasteiger partial charge is 0.496 e. The molecular formula is C15H13NO4. The Labute approximate surface area is 115 Å². The number of hydrogen-bond acceptors (Lipinski definition) is 3. The van der Waals surface area contributed by atoms with Crippen LogP contribution in [0.1, 0.15) is 20.7 Å². The summed E-state index contributed by atoms with van der Waals surface area (Å²) in [7, 11) is 1.41. The van der Waals surface area contributed by atoms with Crippen LogP contribution in [0.25, 0.3) is 11.1 Å². The van der Waals surface area contributed by atoms with E-state index in [2.05, 4.69) is 0 Å². The summed E-state index contributed by atoms with van der Waals surface area (Å²) in [5.74, 6) is -1.31. The van der Waals surface area contributed by atoms with Crippen molar-refractivity contribution in [2.24, 2.45) is 5.73 Å². The zero-order valence-electron chi connectivity index (χ0n) is 10.8. The molecule has 1 amide bonds. The van der Waals surface area contributed by atoms with Crippen molar-refractivity contribution in [1.82, 2.24) is 0 Å². The molecule has 0 unspecified atom stereocenters. The first kappa shape index (κ1) is 13.6. The van der Waals surface area contributed by atoms with Crippen LogP contribution in [-0.4, -0.2) is 24.1 Å². The number of rotatable bonds is 4. The molecule has 0 aromatic heterocycles. The van der Waals surface area contributed by atoms with Gasteiger partial charge in [-0.1, -0.05) is 18.2 Å². The second kappa shape index (κ2) is 5.44. The van der Waals surface area contributed by atoms with Gasteiger partial charge in [0, 0.05) is 5.56 Å². The van der Waals surface area contributed by atoms with Gasteiger partial charge in [-0.3, -0.25) is 4.79 Å². The number of methoxy groups -OCH3 is 1. The van der Waals surface area contributed by atoms with Gasteiger partial charge in [-0.05, 0) is 35.4 Å². The molecule has 20 heavy (non-hydrogen) atoms. The summed E-state index contributed by atoms with van der Waals surface area (Å²) in [6.07, 6.45) is 0. The maximum absolute atomic E-state index is 11.2. The molecule has 2 rings (SSSR count). The number of carboxylic acid groups (broad SMARTS) is 1. The SMILES string of the molecule is COc1cc(-c2cccc(C(N)=O)c2)ccc1C(=O)O. The predicted molar refractivity (Wildman–Crippen MR) is 73.9 cm³/mol. The molecule has 0 spiro atoms. The van der Waals surface area contributed by atoms with Crippen molar-refractivity contribution in [2.45, 2.75) is 0 Å². The third-order valence-electron chi connectivity index (χ3n) is 2.91. The molecule has 0 aliphatic heterocycles. The molecular weight excluding hydrogens is 258 g/mol. The summed E-state index contributed by atoms with van der Waals surface area (Å²) < 4.78 is 5.07. The van der Waals surface area contributed by atoms with E-state index >= 15 is 0 Å². The van der Waals surface area contributed by atoms with Crippen molar-refractivity contribution < 1.29 is 19.4 Å². The van der Waals surface area contributed by atoms with Gasteiger partial charge in [0.1, 0.15) is 11.3 Å². The first-order valence-corrected chi connectivity index (χ1v) is 5.84. The highest BCUT2D eigenvalue weighted by Gasteiger charge is 2.12. The van der Waals surface area contributed by atoms with Crippen molar-refractivity contribution >= 4 is 11.9 Å². The number of benzene rings is 2. The maximum atomic E-state index is 11.2. The third kappa shape index (κ3) is 2.61. The van der Waals surface area contributed by atoms with Crippen LogP contribution in [0.4, 0.5) is 0 Å². The van der Waals surface area contributed by atoms with E-state index < -0.39 is 11.9 Å². The monoisotopic (exact) mass is 271 g/mol. The number of amides is 1. The first-order chi connectivity index (χ1) is 9.52. The quantitative estimate of drug-likeness (QED) is 0.891. The normalized spacial score (nSPS) is 10.1. The van der Waals surface area contributed by atoms with Crippen LogP contribution in [-0.2, 0) is 0 Å². The number of carbonyl (C=O) groups is 2. The topological polar surface area (TPSA) is 89.6 Å². The Balaban J connectivity index is 2.50. The minimum absolute atomic E-state index is 0.0855. The van der Waals surface area contributed by atoms with Crippen LogP contribution < -0.4 is 10.5 Å². The molecule has 0 saturated carbocycles. The molecule has 5 nitrogen and oxygen atoms in total. The fourth-order valence-electron chi connectivity index (χ4n) is 1.90. The number of primary amides is 1. The number of ether oxygens (including phenoxy) is 1. The second-order valence-corrected chi connectivity index (χ2v) is 4.17. The lowest BCUT2D eigenvalue weighted by molar-refractivity contribution is 0.0693. The van der Waals surface area contributed by atoms with Gasteiger partial charge >= 0.3 is 5.97 Å². The predicted octanol–water partition coefficient (Wildman–Crippen LogP) is 2.16. The molecule has 0 aliphatic rings.